The van der Waals surface area contributed by atoms with Crippen LogP contribution in [-0.2, 0) is 14.6 Å². The van der Waals surface area contributed by atoms with Gasteiger partial charge >= 0.3 is 0 Å². The summed E-state index contributed by atoms with van der Waals surface area (Å²) in [5.41, 5.74) is 0.456. The van der Waals surface area contributed by atoms with E-state index in [4.69, 9.17) is 23.2 Å². The number of hydrogen-bond acceptors (Lipinski definition) is 4. The van der Waals surface area contributed by atoms with Gasteiger partial charge in [-0.05, 0) is 31.9 Å². The fraction of sp³-hybridized carbons (Fsp3) is 0.562. The van der Waals surface area contributed by atoms with Gasteiger partial charge in [0.25, 0.3) is 0 Å². The molecule has 8 heteroatoms. The Labute approximate surface area is 153 Å². The van der Waals surface area contributed by atoms with Crippen LogP contribution in [0.1, 0.15) is 26.7 Å². The number of rotatable bonds is 6. The maximum absolute atomic E-state index is 12.4. The van der Waals surface area contributed by atoms with Crippen molar-refractivity contribution in [3.8, 4) is 0 Å². The van der Waals surface area contributed by atoms with E-state index in [2.05, 4.69) is 5.32 Å². The van der Waals surface area contributed by atoms with Crippen LogP contribution < -0.4 is 5.32 Å². The van der Waals surface area contributed by atoms with Crippen molar-refractivity contribution in [2.75, 3.05) is 23.4 Å². The molecule has 1 saturated heterocycles. The van der Waals surface area contributed by atoms with Gasteiger partial charge in [-0.25, -0.2) is 8.42 Å². The van der Waals surface area contributed by atoms with Crippen LogP contribution in [0.25, 0.3) is 0 Å². The Morgan fingerprint density at radius 1 is 1.42 bits per heavy atom. The molecule has 0 spiro atoms. The molecule has 0 radical (unpaired) electrons. The van der Waals surface area contributed by atoms with Crippen molar-refractivity contribution in [2.24, 2.45) is 0 Å². The van der Waals surface area contributed by atoms with E-state index in [9.17, 15) is 13.2 Å². The first-order valence-electron chi connectivity index (χ1n) is 7.93. The highest BCUT2D eigenvalue weighted by molar-refractivity contribution is 7.91. The second-order valence-corrected chi connectivity index (χ2v) is 9.15. The molecule has 1 aromatic rings. The van der Waals surface area contributed by atoms with Gasteiger partial charge in [-0.15, -0.1) is 0 Å². The molecule has 1 fully saturated rings. The van der Waals surface area contributed by atoms with Gasteiger partial charge in [0.15, 0.2) is 9.84 Å². The SMILES string of the molecule is CCC(C)N(CC(=O)Nc1cccc(Cl)c1Cl)C1CCS(=O)(=O)C1. The first-order chi connectivity index (χ1) is 11.2. The topological polar surface area (TPSA) is 66.5 Å². The third kappa shape index (κ3) is 4.85. The number of nitrogens with one attached hydrogen (secondary N) is 1. The van der Waals surface area contributed by atoms with Gasteiger partial charge in [0.1, 0.15) is 0 Å². The number of benzene rings is 1. The van der Waals surface area contributed by atoms with Gasteiger partial charge in [-0.3, -0.25) is 9.69 Å². The molecular formula is C16H22Cl2N2O3S. The minimum absolute atomic E-state index is 0.114. The van der Waals surface area contributed by atoms with Crippen LogP contribution in [-0.4, -0.2) is 49.4 Å². The molecule has 2 rings (SSSR count). The minimum atomic E-state index is -3.00. The van der Waals surface area contributed by atoms with Crippen LogP contribution in [0, 0.1) is 0 Å². The number of halogens is 2. The largest absolute Gasteiger partial charge is 0.324 e. The third-order valence-electron chi connectivity index (χ3n) is 4.39. The first kappa shape index (κ1) is 19.5. The monoisotopic (exact) mass is 392 g/mol. The second kappa shape index (κ2) is 8.04. The van der Waals surface area contributed by atoms with E-state index in [1.165, 1.54) is 0 Å². The standard InChI is InChI=1S/C16H22Cl2N2O3S/c1-3-11(2)20(12-7-8-24(22,23)10-12)9-15(21)19-14-6-4-5-13(17)16(14)18/h4-6,11-12H,3,7-10H2,1-2H3,(H,19,21). The van der Waals surface area contributed by atoms with Crippen molar-refractivity contribution < 1.29 is 13.2 Å². The van der Waals surface area contributed by atoms with Gasteiger partial charge < -0.3 is 5.32 Å². The number of carbonyl (C=O) groups excluding carboxylic acids is 1. The molecule has 2 unspecified atom stereocenters. The summed E-state index contributed by atoms with van der Waals surface area (Å²) in [7, 11) is -3.00. The predicted molar refractivity (Wildman–Crippen MR) is 98.6 cm³/mol. The van der Waals surface area contributed by atoms with Crippen LogP contribution >= 0.6 is 23.2 Å². The molecule has 1 heterocycles. The van der Waals surface area contributed by atoms with E-state index in [1.54, 1.807) is 18.2 Å². The molecule has 1 N–H and O–H groups in total. The van der Waals surface area contributed by atoms with E-state index in [0.717, 1.165) is 6.42 Å². The number of anilines is 1. The Kier molecular flexibility index (Phi) is 6.53. The van der Waals surface area contributed by atoms with Gasteiger partial charge in [0.2, 0.25) is 5.91 Å². The third-order valence-corrected chi connectivity index (χ3v) is 6.96. The summed E-state index contributed by atoms with van der Waals surface area (Å²) in [6, 6.07) is 5.03. The quantitative estimate of drug-likeness (QED) is 0.806. The van der Waals surface area contributed by atoms with E-state index in [1.807, 2.05) is 18.7 Å². The van der Waals surface area contributed by atoms with Crippen molar-refractivity contribution in [2.45, 2.75) is 38.8 Å². The van der Waals surface area contributed by atoms with E-state index in [-0.39, 0.29) is 36.0 Å². The van der Waals surface area contributed by atoms with Crippen LogP contribution in [0.4, 0.5) is 5.69 Å². The molecule has 1 aliphatic rings. The molecule has 0 aromatic heterocycles. The van der Waals surface area contributed by atoms with Gasteiger partial charge in [-0.1, -0.05) is 36.2 Å². The molecule has 1 aliphatic heterocycles. The zero-order valence-electron chi connectivity index (χ0n) is 13.8. The van der Waals surface area contributed by atoms with Gasteiger partial charge in [0, 0.05) is 12.1 Å². The highest BCUT2D eigenvalue weighted by atomic mass is 35.5. The average molecular weight is 393 g/mol. The normalized spacial score (nSPS) is 21.0. The number of sulfone groups is 1. The summed E-state index contributed by atoms with van der Waals surface area (Å²) in [6.07, 6.45) is 1.40. The Morgan fingerprint density at radius 3 is 2.71 bits per heavy atom. The number of carbonyl (C=O) groups is 1. The van der Waals surface area contributed by atoms with Gasteiger partial charge in [0.05, 0.1) is 33.8 Å². The number of amides is 1. The molecule has 0 bridgehead atoms. The second-order valence-electron chi connectivity index (χ2n) is 6.14. The zero-order chi connectivity index (χ0) is 17.9. The molecule has 1 aromatic carbocycles. The Hall–Kier alpha value is -0.820. The summed E-state index contributed by atoms with van der Waals surface area (Å²) >= 11 is 12.0. The lowest BCUT2D eigenvalue weighted by atomic mass is 10.1. The minimum Gasteiger partial charge on any atom is -0.324 e. The van der Waals surface area contributed by atoms with Crippen molar-refractivity contribution in [3.05, 3.63) is 28.2 Å². The summed E-state index contributed by atoms with van der Waals surface area (Å²) in [5.74, 6) is 0.0679. The molecular weight excluding hydrogens is 371 g/mol. The lowest BCUT2D eigenvalue weighted by Crippen LogP contribution is -2.46. The molecule has 2 atom stereocenters. The smallest absolute Gasteiger partial charge is 0.238 e. The van der Waals surface area contributed by atoms with Crippen molar-refractivity contribution in [3.63, 3.8) is 0 Å². The van der Waals surface area contributed by atoms with Crippen LogP contribution in [0.2, 0.25) is 10.0 Å². The van der Waals surface area contributed by atoms with Crippen LogP contribution in [0.15, 0.2) is 18.2 Å². The number of nitrogens with zero attached hydrogens (tertiary/aromatic N) is 1. The highest BCUT2D eigenvalue weighted by Crippen LogP contribution is 2.29. The highest BCUT2D eigenvalue weighted by Gasteiger charge is 2.34. The Balaban J connectivity index is 2.09. The average Bonchev–Trinajstić information content (AvgIpc) is 2.88. The molecule has 24 heavy (non-hydrogen) atoms. The van der Waals surface area contributed by atoms with E-state index in [0.29, 0.717) is 22.2 Å². The maximum atomic E-state index is 12.4. The molecule has 1 amide bonds. The first-order valence-corrected chi connectivity index (χ1v) is 10.5. The molecule has 134 valence electrons. The van der Waals surface area contributed by atoms with Gasteiger partial charge in [-0.2, -0.15) is 0 Å². The molecule has 5 nitrogen and oxygen atoms in total. The van der Waals surface area contributed by atoms with E-state index < -0.39 is 9.84 Å². The fourth-order valence-corrected chi connectivity index (χ4v) is 4.96. The summed E-state index contributed by atoms with van der Waals surface area (Å²) in [6.45, 7) is 4.15. The lowest BCUT2D eigenvalue weighted by molar-refractivity contribution is -0.118. The summed E-state index contributed by atoms with van der Waals surface area (Å²) < 4.78 is 23.5. The van der Waals surface area contributed by atoms with Crippen molar-refractivity contribution in [1.82, 2.24) is 4.90 Å². The van der Waals surface area contributed by atoms with Crippen molar-refractivity contribution in [1.29, 1.82) is 0 Å². The molecule has 0 saturated carbocycles. The summed E-state index contributed by atoms with van der Waals surface area (Å²) in [5, 5.41) is 3.43. The molecule has 0 aliphatic carbocycles. The maximum Gasteiger partial charge on any atom is 0.238 e. The summed E-state index contributed by atoms with van der Waals surface area (Å²) in [4.78, 5) is 14.4. The van der Waals surface area contributed by atoms with Crippen LogP contribution in [0.3, 0.4) is 0 Å². The fourth-order valence-electron chi connectivity index (χ4n) is 2.87. The Morgan fingerprint density at radius 2 is 2.12 bits per heavy atom. The zero-order valence-corrected chi connectivity index (χ0v) is 16.1. The van der Waals surface area contributed by atoms with Crippen LogP contribution in [0.5, 0.6) is 0 Å². The van der Waals surface area contributed by atoms with E-state index >= 15 is 0 Å². The predicted octanol–water partition coefficient (Wildman–Crippen LogP) is 3.22. The Bertz CT molecular complexity index is 709. The van der Waals surface area contributed by atoms with Crippen molar-refractivity contribution >= 4 is 44.6 Å². The number of hydrogen-bond donors (Lipinski definition) is 1. The lowest BCUT2D eigenvalue weighted by Gasteiger charge is -2.32.